The molecule has 0 atom stereocenters. The zero-order valence-corrected chi connectivity index (χ0v) is 14.0. The van der Waals surface area contributed by atoms with Crippen LogP contribution in [-0.2, 0) is 9.59 Å². The molecule has 0 fully saturated rings. The van der Waals surface area contributed by atoms with Crippen LogP contribution in [0.3, 0.4) is 0 Å². The van der Waals surface area contributed by atoms with E-state index in [4.69, 9.17) is 23.2 Å². The zero-order chi connectivity index (χ0) is 16.0. The quantitative estimate of drug-likeness (QED) is 0.861. The van der Waals surface area contributed by atoms with Gasteiger partial charge in [0.15, 0.2) is 0 Å². The molecule has 0 radical (unpaired) electrons. The maximum absolute atomic E-state index is 12.0. The smallest absolute Gasteiger partial charge is 0.226 e. The van der Waals surface area contributed by atoms with Crippen LogP contribution in [0.25, 0.3) is 0 Å². The third-order valence-electron chi connectivity index (χ3n) is 2.87. The molecule has 116 valence electrons. The monoisotopic (exact) mass is 330 g/mol. The summed E-state index contributed by atoms with van der Waals surface area (Å²) in [5.41, 5.74) is 0.407. The summed E-state index contributed by atoms with van der Waals surface area (Å²) in [4.78, 5) is 25.1. The molecule has 1 aromatic rings. The molecular formula is C15H20Cl2N2O2. The van der Waals surface area contributed by atoms with Crippen molar-refractivity contribution < 1.29 is 9.59 Å². The molecule has 2 amide bonds. The van der Waals surface area contributed by atoms with Crippen LogP contribution in [-0.4, -0.2) is 29.8 Å². The second-order valence-electron chi connectivity index (χ2n) is 5.25. The number of halogens is 2. The van der Waals surface area contributed by atoms with Gasteiger partial charge in [-0.15, -0.1) is 0 Å². The largest absolute Gasteiger partial charge is 0.342 e. The maximum atomic E-state index is 12.0. The van der Waals surface area contributed by atoms with Gasteiger partial charge in [-0.25, -0.2) is 0 Å². The summed E-state index contributed by atoms with van der Waals surface area (Å²) in [6.07, 6.45) is 0.202. The number of anilines is 1. The van der Waals surface area contributed by atoms with E-state index in [-0.39, 0.29) is 18.2 Å². The molecule has 0 aliphatic carbocycles. The number of nitrogens with one attached hydrogen (secondary N) is 1. The van der Waals surface area contributed by atoms with Crippen molar-refractivity contribution in [3.05, 3.63) is 28.2 Å². The average Bonchev–Trinajstić information content (AvgIpc) is 2.38. The van der Waals surface area contributed by atoms with Gasteiger partial charge in [0.2, 0.25) is 11.8 Å². The lowest BCUT2D eigenvalue weighted by atomic mass is 10.2. The standard InChI is InChI=1S/C15H20Cl2N2O2/c1-10(2)9-19(11(3)20)8-7-14(21)18-15-12(16)5-4-6-13(15)17/h4-6,10H,7-9H2,1-3H3,(H,18,21). The molecule has 0 unspecified atom stereocenters. The first kappa shape index (κ1) is 17.8. The van der Waals surface area contributed by atoms with Gasteiger partial charge in [0, 0.05) is 26.4 Å². The van der Waals surface area contributed by atoms with Crippen LogP contribution >= 0.6 is 23.2 Å². The topological polar surface area (TPSA) is 49.4 Å². The summed E-state index contributed by atoms with van der Waals surface area (Å²) in [6.45, 7) is 6.57. The highest BCUT2D eigenvalue weighted by molar-refractivity contribution is 6.39. The summed E-state index contributed by atoms with van der Waals surface area (Å²) < 4.78 is 0. The third kappa shape index (κ3) is 5.94. The highest BCUT2D eigenvalue weighted by Gasteiger charge is 2.14. The van der Waals surface area contributed by atoms with Crippen LogP contribution in [0.2, 0.25) is 10.0 Å². The van der Waals surface area contributed by atoms with Gasteiger partial charge < -0.3 is 10.2 Å². The number of carbonyl (C=O) groups is 2. The van der Waals surface area contributed by atoms with Gasteiger partial charge >= 0.3 is 0 Å². The molecule has 1 aromatic carbocycles. The lowest BCUT2D eigenvalue weighted by Crippen LogP contribution is -2.34. The van der Waals surface area contributed by atoms with Crippen molar-refractivity contribution >= 4 is 40.7 Å². The first-order valence-corrected chi connectivity index (χ1v) is 7.56. The molecule has 0 heterocycles. The van der Waals surface area contributed by atoms with E-state index in [1.807, 2.05) is 13.8 Å². The van der Waals surface area contributed by atoms with Gasteiger partial charge in [-0.3, -0.25) is 9.59 Å². The van der Waals surface area contributed by atoms with Gasteiger partial charge in [0.25, 0.3) is 0 Å². The Bertz CT molecular complexity index is 498. The second-order valence-corrected chi connectivity index (χ2v) is 6.07. The number of amides is 2. The first-order valence-electron chi connectivity index (χ1n) is 6.80. The van der Waals surface area contributed by atoms with Crippen molar-refractivity contribution in [2.45, 2.75) is 27.2 Å². The number of nitrogens with zero attached hydrogens (tertiary/aromatic N) is 1. The predicted molar refractivity (Wildman–Crippen MR) is 86.8 cm³/mol. The molecule has 6 heteroatoms. The molecule has 0 spiro atoms. The van der Waals surface area contributed by atoms with E-state index < -0.39 is 0 Å². The fourth-order valence-electron chi connectivity index (χ4n) is 1.87. The fraction of sp³-hybridized carbons (Fsp3) is 0.467. The summed E-state index contributed by atoms with van der Waals surface area (Å²) in [5.74, 6) is 0.0993. The van der Waals surface area contributed by atoms with Crippen LogP contribution in [0.5, 0.6) is 0 Å². The maximum Gasteiger partial charge on any atom is 0.226 e. The van der Waals surface area contributed by atoms with Gasteiger partial charge in [-0.05, 0) is 18.1 Å². The van der Waals surface area contributed by atoms with E-state index >= 15 is 0 Å². The Morgan fingerprint density at radius 2 is 1.81 bits per heavy atom. The zero-order valence-electron chi connectivity index (χ0n) is 12.5. The first-order chi connectivity index (χ1) is 9.81. The highest BCUT2D eigenvalue weighted by Crippen LogP contribution is 2.29. The minimum Gasteiger partial charge on any atom is -0.342 e. The van der Waals surface area contributed by atoms with Crippen LogP contribution in [0.1, 0.15) is 27.2 Å². The van der Waals surface area contributed by atoms with E-state index in [2.05, 4.69) is 5.32 Å². The molecular weight excluding hydrogens is 311 g/mol. The van der Waals surface area contributed by atoms with Crippen LogP contribution in [0.15, 0.2) is 18.2 Å². The molecule has 0 aromatic heterocycles. The van der Waals surface area contributed by atoms with E-state index in [0.29, 0.717) is 34.7 Å². The Hall–Kier alpha value is -1.26. The van der Waals surface area contributed by atoms with Crippen molar-refractivity contribution in [3.63, 3.8) is 0 Å². The molecule has 1 N–H and O–H groups in total. The van der Waals surface area contributed by atoms with Gasteiger partial charge in [0.1, 0.15) is 0 Å². The minimum atomic E-state index is -0.222. The Morgan fingerprint density at radius 1 is 1.24 bits per heavy atom. The summed E-state index contributed by atoms with van der Waals surface area (Å²) >= 11 is 12.0. The number of rotatable bonds is 6. The Kier molecular flexibility index (Phi) is 6.99. The van der Waals surface area contributed by atoms with Crippen molar-refractivity contribution in [3.8, 4) is 0 Å². The number of para-hydroxylation sites is 1. The molecule has 0 saturated carbocycles. The lowest BCUT2D eigenvalue weighted by Gasteiger charge is -2.22. The van der Waals surface area contributed by atoms with Gasteiger partial charge in [-0.2, -0.15) is 0 Å². The molecule has 0 bridgehead atoms. The van der Waals surface area contributed by atoms with E-state index in [0.717, 1.165) is 0 Å². The normalized spacial score (nSPS) is 10.6. The SMILES string of the molecule is CC(=O)N(CCC(=O)Nc1c(Cl)cccc1Cl)CC(C)C. The van der Waals surface area contributed by atoms with Crippen LogP contribution in [0.4, 0.5) is 5.69 Å². The Balaban J connectivity index is 2.59. The molecule has 4 nitrogen and oxygen atoms in total. The third-order valence-corrected chi connectivity index (χ3v) is 3.50. The number of benzene rings is 1. The summed E-state index contributed by atoms with van der Waals surface area (Å²) in [5, 5.41) is 3.47. The van der Waals surface area contributed by atoms with Gasteiger partial charge in [0.05, 0.1) is 15.7 Å². The predicted octanol–water partition coefficient (Wildman–Crippen LogP) is 3.83. The Labute approximate surface area is 135 Å². The van der Waals surface area contributed by atoms with E-state index in [1.54, 1.807) is 23.1 Å². The van der Waals surface area contributed by atoms with Crippen molar-refractivity contribution in [1.29, 1.82) is 0 Å². The molecule has 0 aliphatic rings. The number of hydrogen-bond donors (Lipinski definition) is 1. The van der Waals surface area contributed by atoms with Crippen LogP contribution < -0.4 is 5.32 Å². The molecule has 0 aliphatic heterocycles. The van der Waals surface area contributed by atoms with E-state index in [9.17, 15) is 9.59 Å². The van der Waals surface area contributed by atoms with Crippen molar-refractivity contribution in [1.82, 2.24) is 4.90 Å². The second kappa shape index (κ2) is 8.25. The average molecular weight is 331 g/mol. The lowest BCUT2D eigenvalue weighted by molar-refractivity contribution is -0.129. The minimum absolute atomic E-state index is 0.0349. The van der Waals surface area contributed by atoms with Crippen LogP contribution in [0, 0.1) is 5.92 Å². The van der Waals surface area contributed by atoms with E-state index in [1.165, 1.54) is 6.92 Å². The van der Waals surface area contributed by atoms with Crippen molar-refractivity contribution in [2.75, 3.05) is 18.4 Å². The van der Waals surface area contributed by atoms with Gasteiger partial charge in [-0.1, -0.05) is 43.1 Å². The fourth-order valence-corrected chi connectivity index (χ4v) is 2.37. The highest BCUT2D eigenvalue weighted by atomic mass is 35.5. The molecule has 1 rings (SSSR count). The number of hydrogen-bond acceptors (Lipinski definition) is 2. The Morgan fingerprint density at radius 3 is 2.29 bits per heavy atom. The summed E-state index contributed by atoms with van der Waals surface area (Å²) in [6, 6.07) is 5.02. The number of carbonyl (C=O) groups excluding carboxylic acids is 2. The summed E-state index contributed by atoms with van der Waals surface area (Å²) in [7, 11) is 0. The molecule has 21 heavy (non-hydrogen) atoms. The molecule has 0 saturated heterocycles. The van der Waals surface area contributed by atoms with Crippen molar-refractivity contribution in [2.24, 2.45) is 5.92 Å².